The molecule has 120 valence electrons. The van der Waals surface area contributed by atoms with Crippen molar-refractivity contribution in [2.24, 2.45) is 0 Å². The van der Waals surface area contributed by atoms with Crippen LogP contribution in [-0.4, -0.2) is 7.11 Å². The minimum absolute atomic E-state index is 0.888. The first-order valence-corrected chi connectivity index (χ1v) is 8.48. The van der Waals surface area contributed by atoms with Crippen molar-refractivity contribution in [2.45, 2.75) is 46.0 Å². The molecule has 0 amide bonds. The van der Waals surface area contributed by atoms with Crippen molar-refractivity contribution in [1.82, 2.24) is 0 Å². The van der Waals surface area contributed by atoms with Crippen molar-refractivity contribution in [3.8, 4) is 17.6 Å². The first-order chi connectivity index (χ1) is 11.2. The lowest BCUT2D eigenvalue weighted by Gasteiger charge is -2.03. The Morgan fingerprint density at radius 2 is 1.57 bits per heavy atom. The Morgan fingerprint density at radius 3 is 2.26 bits per heavy atom. The second-order valence-electron chi connectivity index (χ2n) is 5.94. The molecular weight excluding hydrogens is 280 g/mol. The van der Waals surface area contributed by atoms with Crippen LogP contribution in [0.15, 0.2) is 42.5 Å². The van der Waals surface area contributed by atoms with E-state index in [-0.39, 0.29) is 0 Å². The van der Waals surface area contributed by atoms with Crippen molar-refractivity contribution in [3.63, 3.8) is 0 Å². The summed E-state index contributed by atoms with van der Waals surface area (Å²) in [7, 11) is 1.69. The van der Waals surface area contributed by atoms with Crippen LogP contribution in [0.5, 0.6) is 5.75 Å². The van der Waals surface area contributed by atoms with E-state index in [1.807, 2.05) is 25.1 Å². The Hall–Kier alpha value is -2.20. The largest absolute Gasteiger partial charge is 0.496 e. The van der Waals surface area contributed by atoms with Crippen LogP contribution in [0.1, 0.15) is 54.9 Å². The molecule has 1 nitrogen and oxygen atoms in total. The molecule has 0 saturated carbocycles. The van der Waals surface area contributed by atoms with Crippen LogP contribution in [0, 0.1) is 18.8 Å². The number of benzene rings is 2. The summed E-state index contributed by atoms with van der Waals surface area (Å²) >= 11 is 0. The van der Waals surface area contributed by atoms with Gasteiger partial charge in [-0.2, -0.15) is 0 Å². The monoisotopic (exact) mass is 306 g/mol. The average Bonchev–Trinajstić information content (AvgIpc) is 2.59. The van der Waals surface area contributed by atoms with Gasteiger partial charge < -0.3 is 4.74 Å². The number of hydrogen-bond donors (Lipinski definition) is 0. The van der Waals surface area contributed by atoms with Gasteiger partial charge in [0, 0.05) is 11.1 Å². The highest BCUT2D eigenvalue weighted by atomic mass is 16.5. The Balaban J connectivity index is 1.98. The highest BCUT2D eigenvalue weighted by Gasteiger charge is 1.98. The summed E-state index contributed by atoms with van der Waals surface area (Å²) in [5.41, 5.74) is 4.58. The lowest BCUT2D eigenvalue weighted by molar-refractivity contribution is 0.411. The van der Waals surface area contributed by atoms with Crippen molar-refractivity contribution in [2.75, 3.05) is 7.11 Å². The van der Waals surface area contributed by atoms with Crippen LogP contribution >= 0.6 is 0 Å². The summed E-state index contributed by atoms with van der Waals surface area (Å²) in [4.78, 5) is 0. The summed E-state index contributed by atoms with van der Waals surface area (Å²) in [6.45, 7) is 4.28. The third kappa shape index (κ3) is 5.49. The molecule has 0 unspecified atom stereocenters. The molecule has 0 bridgehead atoms. The fourth-order valence-corrected chi connectivity index (χ4v) is 2.55. The molecular formula is C22H26O. The average molecular weight is 306 g/mol. The van der Waals surface area contributed by atoms with Gasteiger partial charge in [0.25, 0.3) is 0 Å². The fraction of sp³-hybridized carbons (Fsp3) is 0.364. The lowest BCUT2D eigenvalue weighted by atomic mass is 10.0. The van der Waals surface area contributed by atoms with Gasteiger partial charge in [0.15, 0.2) is 0 Å². The summed E-state index contributed by atoms with van der Waals surface area (Å²) in [5, 5.41) is 0. The third-order valence-corrected chi connectivity index (χ3v) is 4.03. The van der Waals surface area contributed by atoms with E-state index in [0.29, 0.717) is 0 Å². The number of hydrogen-bond acceptors (Lipinski definition) is 1. The van der Waals surface area contributed by atoms with Gasteiger partial charge in [-0.1, -0.05) is 56.2 Å². The number of methoxy groups -OCH3 is 1. The molecule has 0 aliphatic rings. The molecule has 0 atom stereocenters. The standard InChI is InChI=1S/C22H26O/c1-4-5-6-7-8-19-11-13-20(14-12-19)15-16-21-10-9-18(2)22(17-21)23-3/h9-14,17H,4-8H2,1-3H3. The number of unbranched alkanes of at least 4 members (excludes halogenated alkanes) is 3. The maximum atomic E-state index is 5.34. The molecule has 2 aromatic rings. The van der Waals surface area contributed by atoms with Gasteiger partial charge in [0.1, 0.15) is 5.75 Å². The fourth-order valence-electron chi connectivity index (χ4n) is 2.55. The zero-order valence-corrected chi connectivity index (χ0v) is 14.5. The normalized spacial score (nSPS) is 10.0. The van der Waals surface area contributed by atoms with E-state index in [4.69, 9.17) is 4.74 Å². The molecule has 0 saturated heterocycles. The van der Waals surface area contributed by atoms with E-state index < -0.39 is 0 Å². The van der Waals surface area contributed by atoms with Crippen molar-refractivity contribution in [1.29, 1.82) is 0 Å². The molecule has 0 heterocycles. The van der Waals surface area contributed by atoms with E-state index in [0.717, 1.165) is 22.4 Å². The van der Waals surface area contributed by atoms with Crippen molar-refractivity contribution < 1.29 is 4.74 Å². The number of aryl methyl sites for hydroxylation is 2. The molecule has 0 spiro atoms. The molecule has 23 heavy (non-hydrogen) atoms. The predicted molar refractivity (Wildman–Crippen MR) is 98.0 cm³/mol. The van der Waals surface area contributed by atoms with Gasteiger partial charge in [-0.05, 0) is 55.2 Å². The molecule has 1 heteroatoms. The van der Waals surface area contributed by atoms with E-state index in [2.05, 4.69) is 43.0 Å². The summed E-state index contributed by atoms with van der Waals surface area (Å²) in [6.07, 6.45) is 6.40. The van der Waals surface area contributed by atoms with Crippen LogP contribution in [0.25, 0.3) is 0 Å². The van der Waals surface area contributed by atoms with Crippen molar-refractivity contribution in [3.05, 3.63) is 64.7 Å². The van der Waals surface area contributed by atoms with E-state index in [9.17, 15) is 0 Å². The number of rotatable bonds is 6. The first-order valence-electron chi connectivity index (χ1n) is 8.48. The molecule has 2 aromatic carbocycles. The van der Waals surface area contributed by atoms with Crippen LogP contribution < -0.4 is 4.74 Å². The second kappa shape index (κ2) is 9.06. The zero-order chi connectivity index (χ0) is 16.5. The molecule has 0 fully saturated rings. The van der Waals surface area contributed by atoms with Crippen LogP contribution in [0.4, 0.5) is 0 Å². The molecule has 0 aliphatic heterocycles. The minimum atomic E-state index is 0.888. The molecule has 0 aliphatic carbocycles. The Kier molecular flexibility index (Phi) is 6.76. The first kappa shape index (κ1) is 17.2. The van der Waals surface area contributed by atoms with Gasteiger partial charge >= 0.3 is 0 Å². The van der Waals surface area contributed by atoms with Gasteiger partial charge in [-0.3, -0.25) is 0 Å². The Labute approximate surface area is 140 Å². The zero-order valence-electron chi connectivity index (χ0n) is 14.5. The SMILES string of the molecule is CCCCCCc1ccc(C#Cc2ccc(C)c(OC)c2)cc1. The topological polar surface area (TPSA) is 9.23 Å². The Morgan fingerprint density at radius 1 is 0.870 bits per heavy atom. The molecule has 0 radical (unpaired) electrons. The van der Waals surface area contributed by atoms with E-state index >= 15 is 0 Å². The lowest BCUT2D eigenvalue weighted by Crippen LogP contribution is -1.88. The predicted octanol–water partition coefficient (Wildman–Crippen LogP) is 5.53. The van der Waals surface area contributed by atoms with Crippen molar-refractivity contribution >= 4 is 0 Å². The van der Waals surface area contributed by atoms with Crippen LogP contribution in [-0.2, 0) is 6.42 Å². The van der Waals surface area contributed by atoms with E-state index in [1.165, 1.54) is 37.7 Å². The second-order valence-corrected chi connectivity index (χ2v) is 5.94. The highest BCUT2D eigenvalue weighted by Crippen LogP contribution is 2.18. The highest BCUT2D eigenvalue weighted by molar-refractivity contribution is 5.47. The van der Waals surface area contributed by atoms with Gasteiger partial charge in [-0.15, -0.1) is 0 Å². The maximum Gasteiger partial charge on any atom is 0.123 e. The summed E-state index contributed by atoms with van der Waals surface area (Å²) in [6, 6.07) is 14.7. The maximum absolute atomic E-state index is 5.34. The summed E-state index contributed by atoms with van der Waals surface area (Å²) in [5.74, 6) is 7.33. The quantitative estimate of drug-likeness (QED) is 0.504. The van der Waals surface area contributed by atoms with Gasteiger partial charge in [-0.25, -0.2) is 0 Å². The molecule has 0 aromatic heterocycles. The van der Waals surface area contributed by atoms with E-state index in [1.54, 1.807) is 7.11 Å². The molecule has 2 rings (SSSR count). The smallest absolute Gasteiger partial charge is 0.123 e. The van der Waals surface area contributed by atoms with Gasteiger partial charge in [0.2, 0.25) is 0 Å². The summed E-state index contributed by atoms with van der Waals surface area (Å²) < 4.78 is 5.34. The van der Waals surface area contributed by atoms with Crippen LogP contribution in [0.3, 0.4) is 0 Å². The number of ether oxygens (including phenoxy) is 1. The minimum Gasteiger partial charge on any atom is -0.496 e. The van der Waals surface area contributed by atoms with Gasteiger partial charge in [0.05, 0.1) is 7.11 Å². The van der Waals surface area contributed by atoms with Crippen LogP contribution in [0.2, 0.25) is 0 Å². The third-order valence-electron chi connectivity index (χ3n) is 4.03. The Bertz CT molecular complexity index is 671. The molecule has 0 N–H and O–H groups in total.